The third kappa shape index (κ3) is 3.20. The summed E-state index contributed by atoms with van der Waals surface area (Å²) >= 11 is 0. The molecule has 0 aliphatic rings. The minimum atomic E-state index is -0.181. The molecule has 4 heteroatoms. The SMILES string of the molecule is Cc1ncc(C(=O)Nc2ccc(C(C)C)cc2)c(C)n1. The van der Waals surface area contributed by atoms with Gasteiger partial charge in [0.15, 0.2) is 0 Å². The second kappa shape index (κ2) is 5.82. The van der Waals surface area contributed by atoms with Gasteiger partial charge in [-0.25, -0.2) is 9.97 Å². The van der Waals surface area contributed by atoms with E-state index in [1.54, 1.807) is 13.1 Å². The van der Waals surface area contributed by atoms with Crippen molar-refractivity contribution in [3.8, 4) is 0 Å². The third-order valence-corrected chi connectivity index (χ3v) is 3.18. The zero-order valence-electron chi connectivity index (χ0n) is 12.3. The minimum absolute atomic E-state index is 0.181. The van der Waals surface area contributed by atoms with Crippen molar-refractivity contribution < 1.29 is 4.79 Å². The topological polar surface area (TPSA) is 54.9 Å². The molecule has 2 aromatic rings. The molecule has 104 valence electrons. The summed E-state index contributed by atoms with van der Waals surface area (Å²) in [6.07, 6.45) is 1.56. The largest absolute Gasteiger partial charge is 0.322 e. The number of aromatic nitrogens is 2. The molecule has 0 aliphatic carbocycles. The van der Waals surface area contributed by atoms with Crippen LogP contribution in [0.4, 0.5) is 5.69 Å². The second-order valence-corrected chi connectivity index (χ2v) is 5.15. The van der Waals surface area contributed by atoms with Crippen molar-refractivity contribution in [1.82, 2.24) is 9.97 Å². The molecule has 0 aliphatic heterocycles. The van der Waals surface area contributed by atoms with Crippen molar-refractivity contribution >= 4 is 11.6 Å². The first-order chi connectivity index (χ1) is 9.47. The first-order valence-electron chi connectivity index (χ1n) is 6.69. The number of rotatable bonds is 3. The molecule has 0 atom stereocenters. The Hall–Kier alpha value is -2.23. The number of nitrogens with zero attached hydrogens (tertiary/aromatic N) is 2. The first-order valence-corrected chi connectivity index (χ1v) is 6.69. The van der Waals surface area contributed by atoms with Crippen LogP contribution in [0.1, 0.15) is 47.2 Å². The summed E-state index contributed by atoms with van der Waals surface area (Å²) in [5, 5.41) is 2.87. The molecule has 4 nitrogen and oxygen atoms in total. The van der Waals surface area contributed by atoms with Gasteiger partial charge in [-0.3, -0.25) is 4.79 Å². The molecule has 0 bridgehead atoms. The van der Waals surface area contributed by atoms with Crippen molar-refractivity contribution in [1.29, 1.82) is 0 Å². The zero-order valence-corrected chi connectivity index (χ0v) is 12.3. The molecule has 0 radical (unpaired) electrons. The van der Waals surface area contributed by atoms with Gasteiger partial charge in [0.25, 0.3) is 5.91 Å². The van der Waals surface area contributed by atoms with Crippen LogP contribution in [-0.2, 0) is 0 Å². The normalized spacial score (nSPS) is 10.7. The highest BCUT2D eigenvalue weighted by Gasteiger charge is 2.11. The van der Waals surface area contributed by atoms with Crippen LogP contribution in [0.5, 0.6) is 0 Å². The molecule has 2 rings (SSSR count). The van der Waals surface area contributed by atoms with Crippen molar-refractivity contribution in [2.75, 3.05) is 5.32 Å². The third-order valence-electron chi connectivity index (χ3n) is 3.18. The van der Waals surface area contributed by atoms with Gasteiger partial charge in [0, 0.05) is 11.9 Å². The summed E-state index contributed by atoms with van der Waals surface area (Å²) in [7, 11) is 0. The minimum Gasteiger partial charge on any atom is -0.322 e. The number of aryl methyl sites for hydroxylation is 2. The smallest absolute Gasteiger partial charge is 0.259 e. The van der Waals surface area contributed by atoms with Crippen LogP contribution in [0.25, 0.3) is 0 Å². The van der Waals surface area contributed by atoms with Crippen LogP contribution in [0.3, 0.4) is 0 Å². The zero-order chi connectivity index (χ0) is 14.7. The van der Waals surface area contributed by atoms with E-state index in [1.165, 1.54) is 5.56 Å². The van der Waals surface area contributed by atoms with Gasteiger partial charge < -0.3 is 5.32 Å². The van der Waals surface area contributed by atoms with Gasteiger partial charge in [-0.2, -0.15) is 0 Å². The van der Waals surface area contributed by atoms with Crippen LogP contribution >= 0.6 is 0 Å². The Labute approximate surface area is 119 Å². The number of nitrogens with one attached hydrogen (secondary N) is 1. The van der Waals surface area contributed by atoms with Crippen LogP contribution in [0.2, 0.25) is 0 Å². The molecule has 0 fully saturated rings. The van der Waals surface area contributed by atoms with E-state index in [0.29, 0.717) is 23.0 Å². The average molecular weight is 269 g/mol. The Kier molecular flexibility index (Phi) is 4.13. The monoisotopic (exact) mass is 269 g/mol. The summed E-state index contributed by atoms with van der Waals surface area (Å²) < 4.78 is 0. The molecule has 0 saturated heterocycles. The van der Waals surface area contributed by atoms with E-state index in [9.17, 15) is 4.79 Å². The maximum Gasteiger partial charge on any atom is 0.259 e. The lowest BCUT2D eigenvalue weighted by Crippen LogP contribution is -2.15. The quantitative estimate of drug-likeness (QED) is 0.928. The highest BCUT2D eigenvalue weighted by atomic mass is 16.1. The number of anilines is 1. The maximum atomic E-state index is 12.2. The molecule has 0 spiro atoms. The molecule has 0 saturated carbocycles. The molecular formula is C16H19N3O. The summed E-state index contributed by atoms with van der Waals surface area (Å²) in [4.78, 5) is 20.4. The van der Waals surface area contributed by atoms with Gasteiger partial charge in [0.1, 0.15) is 5.82 Å². The Balaban J connectivity index is 2.15. The molecule has 20 heavy (non-hydrogen) atoms. The summed E-state index contributed by atoms with van der Waals surface area (Å²) in [6, 6.07) is 7.88. The van der Waals surface area contributed by atoms with E-state index < -0.39 is 0 Å². The van der Waals surface area contributed by atoms with Crippen LogP contribution in [0.15, 0.2) is 30.5 Å². The molecule has 0 unspecified atom stereocenters. The Morgan fingerprint density at radius 3 is 2.35 bits per heavy atom. The van der Waals surface area contributed by atoms with E-state index in [2.05, 4.69) is 29.1 Å². The van der Waals surface area contributed by atoms with Crippen molar-refractivity contribution in [3.63, 3.8) is 0 Å². The standard InChI is InChI=1S/C16H19N3O/c1-10(2)13-5-7-14(8-6-13)19-16(20)15-9-17-12(4)18-11(15)3/h5-10H,1-4H3,(H,19,20). The molecule has 1 aromatic carbocycles. The van der Waals surface area contributed by atoms with Crippen LogP contribution in [-0.4, -0.2) is 15.9 Å². The van der Waals surface area contributed by atoms with E-state index in [1.807, 2.05) is 31.2 Å². The molecular weight excluding hydrogens is 250 g/mol. The van der Waals surface area contributed by atoms with Gasteiger partial charge >= 0.3 is 0 Å². The number of hydrogen-bond donors (Lipinski definition) is 1. The van der Waals surface area contributed by atoms with E-state index >= 15 is 0 Å². The van der Waals surface area contributed by atoms with Gasteiger partial charge in [0.05, 0.1) is 11.3 Å². The van der Waals surface area contributed by atoms with Crippen molar-refractivity contribution in [2.24, 2.45) is 0 Å². The average Bonchev–Trinajstić information content (AvgIpc) is 2.39. The Morgan fingerprint density at radius 2 is 1.80 bits per heavy atom. The number of benzene rings is 1. The summed E-state index contributed by atoms with van der Waals surface area (Å²) in [6.45, 7) is 7.89. The number of carbonyl (C=O) groups is 1. The number of carbonyl (C=O) groups excluding carboxylic acids is 1. The van der Waals surface area contributed by atoms with E-state index in [0.717, 1.165) is 5.69 Å². The van der Waals surface area contributed by atoms with E-state index in [-0.39, 0.29) is 5.91 Å². The first kappa shape index (κ1) is 14.2. The fraction of sp³-hybridized carbons (Fsp3) is 0.312. The molecule has 1 N–H and O–H groups in total. The number of hydrogen-bond acceptors (Lipinski definition) is 3. The van der Waals surface area contributed by atoms with Crippen LogP contribution < -0.4 is 5.32 Å². The lowest BCUT2D eigenvalue weighted by atomic mass is 10.0. The van der Waals surface area contributed by atoms with Gasteiger partial charge in [-0.15, -0.1) is 0 Å². The maximum absolute atomic E-state index is 12.2. The Morgan fingerprint density at radius 1 is 1.15 bits per heavy atom. The molecule has 1 amide bonds. The Bertz CT molecular complexity index is 618. The predicted molar refractivity (Wildman–Crippen MR) is 80.0 cm³/mol. The van der Waals surface area contributed by atoms with E-state index in [4.69, 9.17) is 0 Å². The fourth-order valence-electron chi connectivity index (χ4n) is 1.96. The predicted octanol–water partition coefficient (Wildman–Crippen LogP) is 3.47. The highest BCUT2D eigenvalue weighted by Crippen LogP contribution is 2.18. The van der Waals surface area contributed by atoms with Gasteiger partial charge in [-0.1, -0.05) is 26.0 Å². The second-order valence-electron chi connectivity index (χ2n) is 5.15. The highest BCUT2D eigenvalue weighted by molar-refractivity contribution is 6.04. The summed E-state index contributed by atoms with van der Waals surface area (Å²) in [5.74, 6) is 0.965. The fourth-order valence-corrected chi connectivity index (χ4v) is 1.96. The van der Waals surface area contributed by atoms with Gasteiger partial charge in [-0.05, 0) is 37.5 Å². The molecule has 1 heterocycles. The number of amides is 1. The lowest BCUT2D eigenvalue weighted by Gasteiger charge is -2.09. The molecule has 1 aromatic heterocycles. The van der Waals surface area contributed by atoms with Crippen molar-refractivity contribution in [3.05, 3.63) is 53.1 Å². The van der Waals surface area contributed by atoms with Gasteiger partial charge in [0.2, 0.25) is 0 Å². The van der Waals surface area contributed by atoms with Crippen LogP contribution in [0, 0.1) is 13.8 Å². The lowest BCUT2D eigenvalue weighted by molar-refractivity contribution is 0.102. The van der Waals surface area contributed by atoms with Crippen molar-refractivity contribution in [2.45, 2.75) is 33.6 Å². The summed E-state index contributed by atoms with van der Waals surface area (Å²) in [5.41, 5.74) is 3.22.